The van der Waals surface area contributed by atoms with E-state index in [0.29, 0.717) is 11.1 Å². The molecule has 0 aromatic rings. The van der Waals surface area contributed by atoms with E-state index in [9.17, 15) is 8.78 Å². The Morgan fingerprint density at radius 1 is 1.42 bits per heavy atom. The van der Waals surface area contributed by atoms with Gasteiger partial charge in [-0.2, -0.15) is 0 Å². The maximum Gasteiger partial charge on any atom is 0.256 e. The average Bonchev–Trinajstić information content (AvgIpc) is 2.26. The molecule has 0 N–H and O–H groups in total. The number of alkyl halides is 2. The minimum Gasteiger partial charge on any atom is -0.296 e. The van der Waals surface area contributed by atoms with E-state index < -0.39 is 5.92 Å². The van der Waals surface area contributed by atoms with Crippen LogP contribution in [0.2, 0.25) is 0 Å². The SMILES string of the molecule is C=CC1=C(C=NC)CC(F)(F)C1. The molecule has 0 saturated heterocycles. The quantitative estimate of drug-likeness (QED) is 0.566. The topological polar surface area (TPSA) is 12.4 Å². The van der Waals surface area contributed by atoms with Crippen molar-refractivity contribution in [2.75, 3.05) is 7.05 Å². The van der Waals surface area contributed by atoms with Crippen LogP contribution in [0.15, 0.2) is 28.8 Å². The first kappa shape index (κ1) is 9.10. The molecule has 3 heteroatoms. The van der Waals surface area contributed by atoms with E-state index in [0.717, 1.165) is 0 Å². The van der Waals surface area contributed by atoms with Crippen LogP contribution in [0.1, 0.15) is 12.8 Å². The molecule has 0 fully saturated rings. The Balaban J connectivity index is 2.87. The average molecular weight is 171 g/mol. The van der Waals surface area contributed by atoms with Crippen molar-refractivity contribution in [3.8, 4) is 0 Å². The highest BCUT2D eigenvalue weighted by atomic mass is 19.3. The summed E-state index contributed by atoms with van der Waals surface area (Å²) in [4.78, 5) is 3.72. The zero-order valence-electron chi connectivity index (χ0n) is 6.98. The summed E-state index contributed by atoms with van der Waals surface area (Å²) in [6, 6.07) is 0. The van der Waals surface area contributed by atoms with Gasteiger partial charge in [0.2, 0.25) is 0 Å². The van der Waals surface area contributed by atoms with E-state index in [4.69, 9.17) is 0 Å². The van der Waals surface area contributed by atoms with Gasteiger partial charge in [0, 0.05) is 26.1 Å². The second-order valence-corrected chi connectivity index (χ2v) is 2.85. The Kier molecular flexibility index (Phi) is 2.40. The van der Waals surface area contributed by atoms with Crippen molar-refractivity contribution in [2.24, 2.45) is 4.99 Å². The lowest BCUT2D eigenvalue weighted by Crippen LogP contribution is -2.10. The van der Waals surface area contributed by atoms with Crippen molar-refractivity contribution in [1.82, 2.24) is 0 Å². The predicted octanol–water partition coefficient (Wildman–Crippen LogP) is 2.60. The molecule has 0 aliphatic heterocycles. The van der Waals surface area contributed by atoms with Crippen LogP contribution >= 0.6 is 0 Å². The normalized spacial score (nSPS) is 22.2. The van der Waals surface area contributed by atoms with E-state index in [1.165, 1.54) is 12.3 Å². The van der Waals surface area contributed by atoms with Gasteiger partial charge in [0.1, 0.15) is 0 Å². The first-order valence-electron chi connectivity index (χ1n) is 3.73. The van der Waals surface area contributed by atoms with Crippen LogP contribution in [0.3, 0.4) is 0 Å². The summed E-state index contributed by atoms with van der Waals surface area (Å²) < 4.78 is 25.6. The summed E-state index contributed by atoms with van der Waals surface area (Å²) in [6.45, 7) is 3.49. The van der Waals surface area contributed by atoms with Crippen molar-refractivity contribution in [1.29, 1.82) is 0 Å². The molecule has 1 aliphatic rings. The second-order valence-electron chi connectivity index (χ2n) is 2.85. The predicted molar refractivity (Wildman–Crippen MR) is 45.8 cm³/mol. The van der Waals surface area contributed by atoms with E-state index in [2.05, 4.69) is 11.6 Å². The van der Waals surface area contributed by atoms with Crippen LogP contribution in [0.4, 0.5) is 8.78 Å². The van der Waals surface area contributed by atoms with E-state index in [1.807, 2.05) is 0 Å². The number of allylic oxidation sites excluding steroid dienone is 3. The highest BCUT2D eigenvalue weighted by Gasteiger charge is 2.37. The lowest BCUT2D eigenvalue weighted by Gasteiger charge is -2.05. The first-order chi connectivity index (χ1) is 5.59. The molecule has 0 amide bonds. The van der Waals surface area contributed by atoms with Crippen molar-refractivity contribution in [3.63, 3.8) is 0 Å². The molecule has 0 unspecified atom stereocenters. The highest BCUT2D eigenvalue weighted by molar-refractivity contribution is 5.81. The number of halogens is 2. The summed E-state index contributed by atoms with van der Waals surface area (Å²) in [5.74, 6) is -2.60. The molecule has 0 atom stereocenters. The van der Waals surface area contributed by atoms with Gasteiger partial charge in [-0.25, -0.2) is 8.78 Å². The molecular weight excluding hydrogens is 160 g/mol. The van der Waals surface area contributed by atoms with Crippen LogP contribution in [0.25, 0.3) is 0 Å². The summed E-state index contributed by atoms with van der Waals surface area (Å²) in [6.07, 6.45) is 2.57. The smallest absolute Gasteiger partial charge is 0.256 e. The maximum atomic E-state index is 12.8. The molecule has 0 spiro atoms. The Hall–Kier alpha value is -0.990. The fourth-order valence-electron chi connectivity index (χ4n) is 1.33. The minimum atomic E-state index is -2.60. The molecule has 1 aliphatic carbocycles. The number of rotatable bonds is 2. The zero-order chi connectivity index (χ0) is 9.19. The van der Waals surface area contributed by atoms with E-state index in [1.54, 1.807) is 7.05 Å². The summed E-state index contributed by atoms with van der Waals surface area (Å²) in [7, 11) is 1.57. The number of hydrogen-bond donors (Lipinski definition) is 0. The summed E-state index contributed by atoms with van der Waals surface area (Å²) in [5.41, 5.74) is 1.23. The third kappa shape index (κ3) is 1.78. The third-order valence-electron chi connectivity index (χ3n) is 1.84. The summed E-state index contributed by atoms with van der Waals surface area (Å²) in [5, 5.41) is 0. The van der Waals surface area contributed by atoms with Crippen molar-refractivity contribution < 1.29 is 8.78 Å². The monoisotopic (exact) mass is 171 g/mol. The Morgan fingerprint density at radius 3 is 2.50 bits per heavy atom. The number of aliphatic imine (C=N–C) groups is 1. The van der Waals surface area contributed by atoms with Gasteiger partial charge in [-0.05, 0) is 11.1 Å². The van der Waals surface area contributed by atoms with Gasteiger partial charge in [-0.1, -0.05) is 12.7 Å². The van der Waals surface area contributed by atoms with Gasteiger partial charge in [0.15, 0.2) is 0 Å². The fourth-order valence-corrected chi connectivity index (χ4v) is 1.33. The zero-order valence-corrected chi connectivity index (χ0v) is 6.98. The van der Waals surface area contributed by atoms with Gasteiger partial charge >= 0.3 is 0 Å². The van der Waals surface area contributed by atoms with Gasteiger partial charge in [-0.3, -0.25) is 4.99 Å². The molecule has 1 rings (SSSR count). The Morgan fingerprint density at radius 2 is 2.00 bits per heavy atom. The van der Waals surface area contributed by atoms with Gasteiger partial charge < -0.3 is 0 Å². The largest absolute Gasteiger partial charge is 0.296 e. The van der Waals surface area contributed by atoms with Crippen LogP contribution < -0.4 is 0 Å². The van der Waals surface area contributed by atoms with Gasteiger partial charge in [-0.15, -0.1) is 0 Å². The number of hydrogen-bond acceptors (Lipinski definition) is 1. The molecule has 0 heterocycles. The van der Waals surface area contributed by atoms with Crippen LogP contribution in [-0.2, 0) is 0 Å². The highest BCUT2D eigenvalue weighted by Crippen LogP contribution is 2.38. The van der Waals surface area contributed by atoms with Crippen molar-refractivity contribution in [3.05, 3.63) is 23.8 Å². The maximum absolute atomic E-state index is 12.8. The molecule has 12 heavy (non-hydrogen) atoms. The van der Waals surface area contributed by atoms with Crippen LogP contribution in [0, 0.1) is 0 Å². The van der Waals surface area contributed by atoms with Crippen LogP contribution in [-0.4, -0.2) is 19.2 Å². The molecule has 0 saturated carbocycles. The van der Waals surface area contributed by atoms with Crippen molar-refractivity contribution >= 4 is 6.21 Å². The molecule has 0 radical (unpaired) electrons. The van der Waals surface area contributed by atoms with Crippen LogP contribution in [0.5, 0.6) is 0 Å². The van der Waals surface area contributed by atoms with E-state index >= 15 is 0 Å². The lowest BCUT2D eigenvalue weighted by molar-refractivity contribution is 0.0138. The molecular formula is C9H11F2N. The van der Waals surface area contributed by atoms with Crippen molar-refractivity contribution in [2.45, 2.75) is 18.8 Å². The summed E-state index contributed by atoms with van der Waals surface area (Å²) >= 11 is 0. The molecule has 0 bridgehead atoms. The van der Waals surface area contributed by atoms with E-state index in [-0.39, 0.29) is 12.8 Å². The molecule has 0 aromatic heterocycles. The van der Waals surface area contributed by atoms with Gasteiger partial charge in [0.25, 0.3) is 5.92 Å². The molecule has 1 nitrogen and oxygen atoms in total. The fraction of sp³-hybridized carbons (Fsp3) is 0.444. The number of nitrogens with zero attached hydrogens (tertiary/aromatic N) is 1. The minimum absolute atomic E-state index is 0.197. The Bertz CT molecular complexity index is 251. The Labute approximate surface area is 70.5 Å². The first-order valence-corrected chi connectivity index (χ1v) is 3.73. The second kappa shape index (κ2) is 3.17. The third-order valence-corrected chi connectivity index (χ3v) is 1.84. The lowest BCUT2D eigenvalue weighted by atomic mass is 10.2. The molecule has 66 valence electrons. The molecule has 0 aromatic carbocycles. The van der Waals surface area contributed by atoms with Gasteiger partial charge in [0.05, 0.1) is 0 Å². The standard InChI is InChI=1S/C9H11F2N/c1-3-7-4-9(10,11)5-8(7)6-12-2/h3,6H,1,4-5H2,2H3.